The second-order valence-electron chi connectivity index (χ2n) is 3.45. The number of rotatable bonds is 2. The molecule has 2 aromatic rings. The molecule has 0 heterocycles. The normalized spacial score (nSPS) is 10.3. The van der Waals surface area contributed by atoms with E-state index in [1.807, 2.05) is 0 Å². The van der Waals surface area contributed by atoms with Crippen molar-refractivity contribution in [2.24, 2.45) is 0 Å². The first-order valence-corrected chi connectivity index (χ1v) is 4.82. The second-order valence-corrected chi connectivity index (χ2v) is 3.45. The van der Waals surface area contributed by atoms with Crippen LogP contribution in [0.25, 0.3) is 11.1 Å². The van der Waals surface area contributed by atoms with Gasteiger partial charge < -0.3 is 0 Å². The third-order valence-electron chi connectivity index (χ3n) is 2.37. The minimum atomic E-state index is -0.792. The highest BCUT2D eigenvalue weighted by molar-refractivity contribution is 5.87. The second kappa shape index (κ2) is 4.41. The van der Waals surface area contributed by atoms with Crippen molar-refractivity contribution in [1.82, 2.24) is 0 Å². The molecular weight excluding hydrogens is 229 g/mol. The molecular formula is C13H7F3O. The molecule has 0 amide bonds. The molecule has 2 rings (SSSR count). The molecule has 4 heteroatoms. The van der Waals surface area contributed by atoms with Crippen LogP contribution in [0.3, 0.4) is 0 Å². The van der Waals surface area contributed by atoms with Crippen LogP contribution in [0.2, 0.25) is 0 Å². The van der Waals surface area contributed by atoms with E-state index >= 15 is 0 Å². The van der Waals surface area contributed by atoms with Gasteiger partial charge in [0.05, 0.1) is 5.56 Å². The Morgan fingerprint density at radius 1 is 0.941 bits per heavy atom. The molecule has 17 heavy (non-hydrogen) atoms. The van der Waals surface area contributed by atoms with Gasteiger partial charge >= 0.3 is 0 Å². The van der Waals surface area contributed by atoms with E-state index in [0.29, 0.717) is 6.29 Å². The van der Waals surface area contributed by atoms with E-state index in [4.69, 9.17) is 0 Å². The van der Waals surface area contributed by atoms with E-state index in [0.717, 1.165) is 24.3 Å². The highest BCUT2D eigenvalue weighted by Gasteiger charge is 2.14. The lowest BCUT2D eigenvalue weighted by atomic mass is 9.99. The molecule has 2 aromatic carbocycles. The molecule has 0 unspecified atom stereocenters. The van der Waals surface area contributed by atoms with Gasteiger partial charge in [-0.25, -0.2) is 13.2 Å². The monoisotopic (exact) mass is 236 g/mol. The maximum atomic E-state index is 13.5. The van der Waals surface area contributed by atoms with Crippen LogP contribution in [0.15, 0.2) is 36.4 Å². The van der Waals surface area contributed by atoms with Crippen molar-refractivity contribution in [1.29, 1.82) is 0 Å². The summed E-state index contributed by atoms with van der Waals surface area (Å²) >= 11 is 0. The van der Waals surface area contributed by atoms with Crippen LogP contribution >= 0.6 is 0 Å². The molecule has 0 spiro atoms. The Kier molecular flexibility index (Phi) is 2.95. The Balaban J connectivity index is 2.72. The summed E-state index contributed by atoms with van der Waals surface area (Å²) in [7, 11) is 0. The van der Waals surface area contributed by atoms with Crippen LogP contribution in [-0.4, -0.2) is 6.29 Å². The number of carbonyl (C=O) groups excluding carboxylic acids is 1. The molecule has 0 atom stereocenters. The van der Waals surface area contributed by atoms with Crippen molar-refractivity contribution in [2.75, 3.05) is 0 Å². The van der Waals surface area contributed by atoms with E-state index in [1.54, 1.807) is 0 Å². The van der Waals surface area contributed by atoms with E-state index < -0.39 is 17.5 Å². The first-order chi connectivity index (χ1) is 8.13. The van der Waals surface area contributed by atoms with Gasteiger partial charge in [0.2, 0.25) is 0 Å². The molecule has 0 aliphatic carbocycles. The lowest BCUT2D eigenvalue weighted by Crippen LogP contribution is -1.95. The van der Waals surface area contributed by atoms with Crippen molar-refractivity contribution in [3.63, 3.8) is 0 Å². The van der Waals surface area contributed by atoms with Crippen molar-refractivity contribution in [2.45, 2.75) is 0 Å². The van der Waals surface area contributed by atoms with Crippen molar-refractivity contribution < 1.29 is 18.0 Å². The Morgan fingerprint density at radius 2 is 1.59 bits per heavy atom. The maximum Gasteiger partial charge on any atom is 0.150 e. The zero-order valence-electron chi connectivity index (χ0n) is 8.58. The zero-order valence-corrected chi connectivity index (χ0v) is 8.58. The standard InChI is InChI=1S/C13H7F3O/c14-9-4-5-10(8(6-9)7-17)13-11(15)2-1-3-12(13)16/h1-7H. The van der Waals surface area contributed by atoms with Gasteiger partial charge in [0.25, 0.3) is 0 Å². The molecule has 0 bridgehead atoms. The number of hydrogen-bond donors (Lipinski definition) is 0. The van der Waals surface area contributed by atoms with Gasteiger partial charge in [0, 0.05) is 5.56 Å². The average Bonchev–Trinajstić information content (AvgIpc) is 2.30. The van der Waals surface area contributed by atoms with Crippen molar-refractivity contribution in [3.05, 3.63) is 59.4 Å². The van der Waals surface area contributed by atoms with Gasteiger partial charge in [-0.05, 0) is 29.8 Å². The van der Waals surface area contributed by atoms with Crippen LogP contribution in [-0.2, 0) is 0 Å². The lowest BCUT2D eigenvalue weighted by molar-refractivity contribution is 0.112. The molecule has 0 radical (unpaired) electrons. The van der Waals surface area contributed by atoms with Crippen LogP contribution in [0, 0.1) is 17.5 Å². The molecule has 0 saturated carbocycles. The average molecular weight is 236 g/mol. The first-order valence-electron chi connectivity index (χ1n) is 4.82. The fourth-order valence-corrected chi connectivity index (χ4v) is 1.61. The molecule has 0 saturated heterocycles. The summed E-state index contributed by atoms with van der Waals surface area (Å²) in [5, 5.41) is 0. The molecule has 0 N–H and O–H groups in total. The fraction of sp³-hybridized carbons (Fsp3) is 0. The number of benzene rings is 2. The summed E-state index contributed by atoms with van der Waals surface area (Å²) < 4.78 is 39.9. The summed E-state index contributed by atoms with van der Waals surface area (Å²) in [6, 6.07) is 6.55. The molecule has 0 fully saturated rings. The third kappa shape index (κ3) is 2.06. The van der Waals surface area contributed by atoms with Crippen LogP contribution in [0.4, 0.5) is 13.2 Å². The molecule has 0 aliphatic heterocycles. The predicted molar refractivity (Wildman–Crippen MR) is 57.1 cm³/mol. The Bertz CT molecular complexity index is 559. The summed E-state index contributed by atoms with van der Waals surface area (Å²) in [5.41, 5.74) is -0.374. The zero-order chi connectivity index (χ0) is 12.4. The summed E-state index contributed by atoms with van der Waals surface area (Å²) in [6.07, 6.45) is 0.365. The largest absolute Gasteiger partial charge is 0.298 e. The van der Waals surface area contributed by atoms with Gasteiger partial charge in [-0.15, -0.1) is 0 Å². The Morgan fingerprint density at radius 3 is 2.18 bits per heavy atom. The van der Waals surface area contributed by atoms with Gasteiger partial charge in [-0.3, -0.25) is 4.79 Å². The molecule has 86 valence electrons. The van der Waals surface area contributed by atoms with Gasteiger partial charge in [-0.1, -0.05) is 12.1 Å². The Hall–Kier alpha value is -2.10. The predicted octanol–water partition coefficient (Wildman–Crippen LogP) is 3.58. The van der Waals surface area contributed by atoms with Gasteiger partial charge in [-0.2, -0.15) is 0 Å². The van der Waals surface area contributed by atoms with Crippen LogP contribution < -0.4 is 0 Å². The SMILES string of the molecule is O=Cc1cc(F)ccc1-c1c(F)cccc1F. The van der Waals surface area contributed by atoms with Crippen LogP contribution in [0.1, 0.15) is 10.4 Å². The topological polar surface area (TPSA) is 17.1 Å². The fourth-order valence-electron chi connectivity index (χ4n) is 1.61. The molecule has 0 aromatic heterocycles. The summed E-state index contributed by atoms with van der Waals surface area (Å²) in [4.78, 5) is 10.8. The first kappa shape index (κ1) is 11.4. The smallest absolute Gasteiger partial charge is 0.150 e. The minimum absolute atomic E-state index is 0.0389. The number of carbonyl (C=O) groups is 1. The highest BCUT2D eigenvalue weighted by Crippen LogP contribution is 2.28. The van der Waals surface area contributed by atoms with Gasteiger partial charge in [0.1, 0.15) is 17.5 Å². The van der Waals surface area contributed by atoms with Crippen molar-refractivity contribution >= 4 is 6.29 Å². The highest BCUT2D eigenvalue weighted by atomic mass is 19.1. The van der Waals surface area contributed by atoms with Crippen molar-refractivity contribution in [3.8, 4) is 11.1 Å². The maximum absolute atomic E-state index is 13.5. The Labute approximate surface area is 95.5 Å². The summed E-state index contributed by atoms with van der Waals surface area (Å²) in [6.45, 7) is 0. The third-order valence-corrected chi connectivity index (χ3v) is 2.37. The molecule has 1 nitrogen and oxygen atoms in total. The number of hydrogen-bond acceptors (Lipinski definition) is 1. The van der Waals surface area contributed by atoms with E-state index in [2.05, 4.69) is 0 Å². The quantitative estimate of drug-likeness (QED) is 0.728. The summed E-state index contributed by atoms with van der Waals surface area (Å²) in [5.74, 6) is -2.22. The minimum Gasteiger partial charge on any atom is -0.298 e. The number of aldehydes is 1. The van der Waals surface area contributed by atoms with Crippen LogP contribution in [0.5, 0.6) is 0 Å². The lowest BCUT2D eigenvalue weighted by Gasteiger charge is -2.07. The van der Waals surface area contributed by atoms with E-state index in [1.165, 1.54) is 12.1 Å². The molecule has 0 aliphatic rings. The van der Waals surface area contributed by atoms with E-state index in [9.17, 15) is 18.0 Å². The number of halogens is 3. The van der Waals surface area contributed by atoms with E-state index in [-0.39, 0.29) is 16.7 Å². The van der Waals surface area contributed by atoms with Gasteiger partial charge in [0.15, 0.2) is 6.29 Å².